The molecule has 0 saturated carbocycles. The van der Waals surface area contributed by atoms with Gasteiger partial charge in [-0.05, 0) is 31.0 Å². The Hall–Kier alpha value is -2.55. The number of sulfonamides is 1. The molecule has 1 aromatic carbocycles. The molecule has 0 aliphatic heterocycles. The first-order chi connectivity index (χ1) is 10.7. The van der Waals surface area contributed by atoms with Gasteiger partial charge in [0.05, 0.1) is 5.92 Å². The summed E-state index contributed by atoms with van der Waals surface area (Å²) in [7, 11) is -3.91. The lowest BCUT2D eigenvalue weighted by atomic mass is 10.0. The predicted octanol–water partition coefficient (Wildman–Crippen LogP) is 1.63. The van der Waals surface area contributed by atoms with Gasteiger partial charge in [-0.25, -0.2) is 8.42 Å². The average Bonchev–Trinajstić information content (AvgIpc) is 2.80. The minimum atomic E-state index is -3.91. The number of aromatic nitrogens is 1. The summed E-state index contributed by atoms with van der Waals surface area (Å²) in [5.41, 5.74) is 6.63. The Labute approximate surface area is 133 Å². The van der Waals surface area contributed by atoms with E-state index in [0.717, 1.165) is 5.56 Å². The van der Waals surface area contributed by atoms with Crippen LogP contribution < -0.4 is 10.5 Å². The molecule has 1 unspecified atom stereocenters. The van der Waals surface area contributed by atoms with E-state index in [2.05, 4.69) is 9.88 Å². The summed E-state index contributed by atoms with van der Waals surface area (Å²) in [5.74, 6) is -1.51. The first-order valence-electron chi connectivity index (χ1n) is 6.77. The van der Waals surface area contributed by atoms with Gasteiger partial charge in [-0.2, -0.15) is 0 Å². The van der Waals surface area contributed by atoms with Crippen molar-refractivity contribution in [3.05, 3.63) is 35.6 Å². The SMILES string of the molecule is Cc1onc(N)c1S(=O)(=O)Nc1ccc(CC(C)C(=O)O)cc1. The van der Waals surface area contributed by atoms with E-state index in [0.29, 0.717) is 12.1 Å². The van der Waals surface area contributed by atoms with E-state index >= 15 is 0 Å². The summed E-state index contributed by atoms with van der Waals surface area (Å²) in [5, 5.41) is 12.3. The number of carboxylic acids is 1. The molecule has 4 N–H and O–H groups in total. The van der Waals surface area contributed by atoms with Crippen molar-refractivity contribution < 1.29 is 22.8 Å². The van der Waals surface area contributed by atoms with Gasteiger partial charge in [0.25, 0.3) is 10.0 Å². The van der Waals surface area contributed by atoms with Crippen molar-refractivity contribution in [1.29, 1.82) is 0 Å². The summed E-state index contributed by atoms with van der Waals surface area (Å²) in [4.78, 5) is 10.6. The van der Waals surface area contributed by atoms with E-state index in [1.54, 1.807) is 31.2 Å². The molecule has 0 bridgehead atoms. The highest BCUT2D eigenvalue weighted by Crippen LogP contribution is 2.24. The van der Waals surface area contributed by atoms with Gasteiger partial charge >= 0.3 is 5.97 Å². The number of nitrogen functional groups attached to an aromatic ring is 1. The molecule has 0 aliphatic carbocycles. The number of hydrogen-bond donors (Lipinski definition) is 3. The number of nitrogens with zero attached hydrogens (tertiary/aromatic N) is 1. The highest BCUT2D eigenvalue weighted by molar-refractivity contribution is 7.93. The van der Waals surface area contributed by atoms with Crippen molar-refractivity contribution >= 4 is 27.5 Å². The lowest BCUT2D eigenvalue weighted by Crippen LogP contribution is -2.15. The summed E-state index contributed by atoms with van der Waals surface area (Å²) in [6.45, 7) is 3.06. The lowest BCUT2D eigenvalue weighted by molar-refractivity contribution is -0.141. The normalized spacial score (nSPS) is 12.8. The zero-order valence-corrected chi connectivity index (χ0v) is 13.4. The average molecular weight is 339 g/mol. The fourth-order valence-corrected chi connectivity index (χ4v) is 3.34. The van der Waals surface area contributed by atoms with Crippen LogP contribution in [0.4, 0.5) is 11.5 Å². The first kappa shape index (κ1) is 16.8. The number of carbonyl (C=O) groups is 1. The summed E-state index contributed by atoms with van der Waals surface area (Å²) >= 11 is 0. The minimum absolute atomic E-state index is 0.0990. The van der Waals surface area contributed by atoms with Gasteiger partial charge < -0.3 is 15.4 Å². The van der Waals surface area contributed by atoms with Crippen LogP contribution in [0.2, 0.25) is 0 Å². The number of benzene rings is 1. The number of aryl methyl sites for hydroxylation is 1. The minimum Gasteiger partial charge on any atom is -0.481 e. The molecule has 0 aliphatic rings. The maximum absolute atomic E-state index is 12.3. The molecule has 1 atom stereocenters. The van der Waals surface area contributed by atoms with E-state index in [-0.39, 0.29) is 16.5 Å². The Morgan fingerprint density at radius 1 is 1.39 bits per heavy atom. The van der Waals surface area contributed by atoms with E-state index in [1.165, 1.54) is 6.92 Å². The smallest absolute Gasteiger partial charge is 0.306 e. The number of rotatable bonds is 6. The number of nitrogens with one attached hydrogen (secondary N) is 1. The number of aliphatic carboxylic acids is 1. The fraction of sp³-hybridized carbons (Fsp3) is 0.286. The second-order valence-corrected chi connectivity index (χ2v) is 6.82. The molecule has 1 heterocycles. The molecule has 23 heavy (non-hydrogen) atoms. The van der Waals surface area contributed by atoms with Crippen LogP contribution in [-0.4, -0.2) is 24.7 Å². The fourth-order valence-electron chi connectivity index (χ4n) is 2.06. The van der Waals surface area contributed by atoms with E-state index in [1.807, 2.05) is 0 Å². The van der Waals surface area contributed by atoms with E-state index in [9.17, 15) is 13.2 Å². The van der Waals surface area contributed by atoms with Crippen LogP contribution >= 0.6 is 0 Å². The number of anilines is 2. The summed E-state index contributed by atoms with van der Waals surface area (Å²) in [6, 6.07) is 6.45. The van der Waals surface area contributed by atoms with Gasteiger partial charge in [0.1, 0.15) is 0 Å². The van der Waals surface area contributed by atoms with Crippen molar-refractivity contribution in [2.24, 2.45) is 5.92 Å². The van der Waals surface area contributed by atoms with E-state index < -0.39 is 21.9 Å². The Balaban J connectivity index is 2.16. The molecule has 8 nitrogen and oxygen atoms in total. The predicted molar refractivity (Wildman–Crippen MR) is 83.4 cm³/mol. The number of carboxylic acid groups (broad SMARTS) is 1. The van der Waals surface area contributed by atoms with Crippen LogP contribution in [0.5, 0.6) is 0 Å². The molecule has 9 heteroatoms. The quantitative estimate of drug-likeness (QED) is 0.727. The monoisotopic (exact) mass is 339 g/mol. The van der Waals surface area contributed by atoms with Gasteiger partial charge in [-0.3, -0.25) is 9.52 Å². The van der Waals surface area contributed by atoms with Crippen LogP contribution in [0, 0.1) is 12.8 Å². The molecule has 1 aromatic heterocycles. The zero-order chi connectivity index (χ0) is 17.2. The van der Waals surface area contributed by atoms with Crippen LogP contribution in [0.3, 0.4) is 0 Å². The molecule has 2 rings (SSSR count). The molecule has 0 amide bonds. The molecular formula is C14H17N3O5S. The molecule has 0 fully saturated rings. The van der Waals surface area contributed by atoms with Crippen LogP contribution in [0.1, 0.15) is 18.2 Å². The summed E-state index contributed by atoms with van der Waals surface area (Å²) < 4.78 is 31.7. The van der Waals surface area contributed by atoms with Crippen molar-refractivity contribution in [1.82, 2.24) is 5.16 Å². The van der Waals surface area contributed by atoms with Gasteiger partial charge in [0, 0.05) is 5.69 Å². The Morgan fingerprint density at radius 3 is 2.48 bits per heavy atom. The lowest BCUT2D eigenvalue weighted by Gasteiger charge is -2.09. The Morgan fingerprint density at radius 2 is 2.00 bits per heavy atom. The number of nitrogens with two attached hydrogens (primary N) is 1. The Kier molecular flexibility index (Phi) is 4.60. The number of hydrogen-bond acceptors (Lipinski definition) is 6. The molecule has 124 valence electrons. The van der Waals surface area contributed by atoms with Gasteiger partial charge in [0.2, 0.25) is 0 Å². The third kappa shape index (κ3) is 3.81. The van der Waals surface area contributed by atoms with E-state index in [4.69, 9.17) is 15.4 Å². The second kappa shape index (κ2) is 6.29. The molecular weight excluding hydrogens is 322 g/mol. The maximum atomic E-state index is 12.3. The second-order valence-electron chi connectivity index (χ2n) is 5.20. The van der Waals surface area contributed by atoms with Gasteiger partial charge in [0.15, 0.2) is 16.5 Å². The van der Waals surface area contributed by atoms with Crippen molar-refractivity contribution in [2.45, 2.75) is 25.2 Å². The highest BCUT2D eigenvalue weighted by Gasteiger charge is 2.25. The highest BCUT2D eigenvalue weighted by atomic mass is 32.2. The molecule has 0 spiro atoms. The standard InChI is InChI=1S/C14H17N3O5S/c1-8(14(18)19)7-10-3-5-11(6-4-10)17-23(20,21)12-9(2)22-16-13(12)15/h3-6,8,17H,7H2,1-2H3,(H2,15,16)(H,18,19). The van der Waals surface area contributed by atoms with Crippen molar-refractivity contribution in [3.63, 3.8) is 0 Å². The third-order valence-corrected chi connectivity index (χ3v) is 4.81. The van der Waals surface area contributed by atoms with Gasteiger partial charge in [-0.1, -0.05) is 24.2 Å². The van der Waals surface area contributed by atoms with Crippen LogP contribution in [0.25, 0.3) is 0 Å². The van der Waals surface area contributed by atoms with Crippen LogP contribution in [0.15, 0.2) is 33.7 Å². The van der Waals surface area contributed by atoms with Crippen molar-refractivity contribution in [2.75, 3.05) is 10.5 Å². The first-order valence-corrected chi connectivity index (χ1v) is 8.25. The third-order valence-electron chi connectivity index (χ3n) is 3.27. The van der Waals surface area contributed by atoms with Crippen LogP contribution in [-0.2, 0) is 21.2 Å². The maximum Gasteiger partial charge on any atom is 0.306 e. The van der Waals surface area contributed by atoms with Gasteiger partial charge in [-0.15, -0.1) is 0 Å². The summed E-state index contributed by atoms with van der Waals surface area (Å²) in [6.07, 6.45) is 0.361. The molecule has 2 aromatic rings. The molecule has 0 radical (unpaired) electrons. The molecule has 0 saturated heterocycles. The zero-order valence-electron chi connectivity index (χ0n) is 12.6. The largest absolute Gasteiger partial charge is 0.481 e. The topological polar surface area (TPSA) is 136 Å². The Bertz CT molecular complexity index is 792. The van der Waals surface area contributed by atoms with Crippen molar-refractivity contribution in [3.8, 4) is 0 Å².